The summed E-state index contributed by atoms with van der Waals surface area (Å²) in [5.41, 5.74) is 2.84. The van der Waals surface area contributed by atoms with Crippen LogP contribution >= 0.6 is 0 Å². The molecule has 0 spiro atoms. The van der Waals surface area contributed by atoms with Gasteiger partial charge in [0, 0.05) is 0 Å². The van der Waals surface area contributed by atoms with E-state index in [0.717, 1.165) is 12.8 Å². The maximum atomic E-state index is 3.70. The molecular formula is C11H18. The summed E-state index contributed by atoms with van der Waals surface area (Å²) in [6.07, 6.45) is 8.35. The predicted octanol–water partition coefficient (Wildman–Crippen LogP) is 3.87. The van der Waals surface area contributed by atoms with Crippen LogP contribution in [-0.2, 0) is 0 Å². The third kappa shape index (κ3) is 3.22. The lowest BCUT2D eigenvalue weighted by atomic mass is 10.0. The fraction of sp³-hybridized carbons (Fsp3) is 0.455. The van der Waals surface area contributed by atoms with Crippen LogP contribution in [0.1, 0.15) is 33.6 Å². The lowest BCUT2D eigenvalue weighted by Crippen LogP contribution is -1.85. The molecule has 0 nitrogen and oxygen atoms in total. The predicted molar refractivity (Wildman–Crippen MR) is 52.6 cm³/mol. The van der Waals surface area contributed by atoms with E-state index in [2.05, 4.69) is 39.5 Å². The van der Waals surface area contributed by atoms with Crippen LogP contribution in [0.2, 0.25) is 0 Å². The summed E-state index contributed by atoms with van der Waals surface area (Å²) in [6, 6.07) is 0. The number of hydrogen-bond acceptors (Lipinski definition) is 0. The third-order valence-corrected chi connectivity index (χ3v) is 1.84. The van der Waals surface area contributed by atoms with Gasteiger partial charge in [-0.15, -0.1) is 0 Å². The Hall–Kier alpha value is -0.780. The first kappa shape index (κ1) is 10.2. The number of rotatable bonds is 4. The van der Waals surface area contributed by atoms with E-state index in [1.54, 1.807) is 0 Å². The van der Waals surface area contributed by atoms with Gasteiger partial charge in [-0.1, -0.05) is 38.7 Å². The highest BCUT2D eigenvalue weighted by atomic mass is 14.0. The minimum Gasteiger partial charge on any atom is -0.0991 e. The van der Waals surface area contributed by atoms with Gasteiger partial charge in [-0.2, -0.15) is 0 Å². The summed E-state index contributed by atoms with van der Waals surface area (Å²) in [4.78, 5) is 0. The molecule has 0 aliphatic carbocycles. The Morgan fingerprint density at radius 2 is 1.73 bits per heavy atom. The van der Waals surface area contributed by atoms with E-state index in [1.807, 2.05) is 6.08 Å². The molecule has 0 N–H and O–H groups in total. The molecule has 0 aliphatic heterocycles. The highest BCUT2D eigenvalue weighted by molar-refractivity contribution is 5.32. The van der Waals surface area contributed by atoms with Gasteiger partial charge in [-0.3, -0.25) is 0 Å². The van der Waals surface area contributed by atoms with Crippen LogP contribution in [0.25, 0.3) is 0 Å². The second-order valence-corrected chi connectivity index (χ2v) is 2.45. The van der Waals surface area contributed by atoms with Crippen LogP contribution in [-0.4, -0.2) is 0 Å². The normalized spacial score (nSPS) is 13.4. The molecule has 0 bridgehead atoms. The van der Waals surface area contributed by atoms with Gasteiger partial charge < -0.3 is 0 Å². The minimum atomic E-state index is 1.10. The summed E-state index contributed by atoms with van der Waals surface area (Å²) in [7, 11) is 0. The first-order valence-corrected chi connectivity index (χ1v) is 4.27. The molecule has 0 aromatic heterocycles. The molecule has 11 heavy (non-hydrogen) atoms. The Balaban J connectivity index is 4.47. The van der Waals surface area contributed by atoms with Crippen molar-refractivity contribution in [1.82, 2.24) is 0 Å². The Bertz CT molecular complexity index is 170. The fourth-order valence-corrected chi connectivity index (χ4v) is 1.21. The molecule has 0 rings (SSSR count). The summed E-state index contributed by atoms with van der Waals surface area (Å²) in [5.74, 6) is 0. The van der Waals surface area contributed by atoms with Crippen molar-refractivity contribution in [2.24, 2.45) is 0 Å². The highest BCUT2D eigenvalue weighted by Gasteiger charge is 1.96. The zero-order chi connectivity index (χ0) is 8.69. The summed E-state index contributed by atoms with van der Waals surface area (Å²) < 4.78 is 0. The Morgan fingerprint density at radius 1 is 1.18 bits per heavy atom. The molecule has 0 fully saturated rings. The second kappa shape index (κ2) is 5.96. The Morgan fingerprint density at radius 3 is 2.00 bits per heavy atom. The Kier molecular flexibility index (Phi) is 5.54. The average molecular weight is 150 g/mol. The van der Waals surface area contributed by atoms with E-state index >= 15 is 0 Å². The quantitative estimate of drug-likeness (QED) is 0.534. The van der Waals surface area contributed by atoms with Gasteiger partial charge in [-0.25, -0.2) is 0 Å². The van der Waals surface area contributed by atoms with Crippen molar-refractivity contribution in [2.45, 2.75) is 33.6 Å². The average Bonchev–Trinajstić information content (AvgIpc) is 2.05. The smallest absolute Gasteiger partial charge is 0.0305 e. The van der Waals surface area contributed by atoms with E-state index in [1.165, 1.54) is 11.1 Å². The first-order valence-electron chi connectivity index (χ1n) is 4.27. The van der Waals surface area contributed by atoms with E-state index in [4.69, 9.17) is 0 Å². The van der Waals surface area contributed by atoms with Gasteiger partial charge in [0.05, 0.1) is 0 Å². The fourth-order valence-electron chi connectivity index (χ4n) is 1.21. The molecule has 62 valence electrons. The van der Waals surface area contributed by atoms with Crippen molar-refractivity contribution >= 4 is 0 Å². The molecule has 0 aliphatic rings. The summed E-state index contributed by atoms with van der Waals surface area (Å²) in [6.45, 7) is 10.1. The molecular weight excluding hydrogens is 132 g/mol. The molecule has 0 aromatic carbocycles. The highest BCUT2D eigenvalue weighted by Crippen LogP contribution is 2.16. The zero-order valence-corrected chi connectivity index (χ0v) is 7.85. The van der Waals surface area contributed by atoms with Crippen LogP contribution < -0.4 is 0 Å². The monoisotopic (exact) mass is 150 g/mol. The molecule has 0 heterocycles. The largest absolute Gasteiger partial charge is 0.0991 e. The molecule has 0 aromatic rings. The number of hydrogen-bond donors (Lipinski definition) is 0. The van der Waals surface area contributed by atoms with Crippen molar-refractivity contribution < 1.29 is 0 Å². The lowest BCUT2D eigenvalue weighted by molar-refractivity contribution is 1.02. The maximum absolute atomic E-state index is 3.70. The second-order valence-electron chi connectivity index (χ2n) is 2.45. The van der Waals surface area contributed by atoms with E-state index in [0.29, 0.717) is 0 Å². The molecule has 0 saturated carbocycles. The third-order valence-electron chi connectivity index (χ3n) is 1.84. The number of allylic oxidation sites excluding steroid dienone is 5. The van der Waals surface area contributed by atoms with Gasteiger partial charge in [0.2, 0.25) is 0 Å². The molecule has 0 radical (unpaired) electrons. The van der Waals surface area contributed by atoms with Gasteiger partial charge in [0.15, 0.2) is 0 Å². The SMILES string of the molecule is C=C/C=C(CC)\C(=C/C)CC. The van der Waals surface area contributed by atoms with Crippen LogP contribution in [0.4, 0.5) is 0 Å². The standard InChI is InChI=1S/C11H18/c1-5-9-11(8-4)10(6-2)7-3/h5-6,9H,1,7-8H2,2-4H3/b10-6-,11-9-. The van der Waals surface area contributed by atoms with Crippen LogP contribution in [0.5, 0.6) is 0 Å². The molecule has 0 heteroatoms. The molecule has 0 atom stereocenters. The van der Waals surface area contributed by atoms with E-state index in [9.17, 15) is 0 Å². The lowest BCUT2D eigenvalue weighted by Gasteiger charge is -2.05. The zero-order valence-electron chi connectivity index (χ0n) is 7.85. The van der Waals surface area contributed by atoms with Crippen LogP contribution in [0, 0.1) is 0 Å². The van der Waals surface area contributed by atoms with Gasteiger partial charge in [-0.05, 0) is 30.9 Å². The molecule has 0 unspecified atom stereocenters. The van der Waals surface area contributed by atoms with Crippen molar-refractivity contribution in [3.8, 4) is 0 Å². The van der Waals surface area contributed by atoms with Gasteiger partial charge in [0.25, 0.3) is 0 Å². The van der Waals surface area contributed by atoms with E-state index in [-0.39, 0.29) is 0 Å². The molecule has 0 amide bonds. The minimum absolute atomic E-state index is 1.10. The van der Waals surface area contributed by atoms with Crippen molar-refractivity contribution in [3.63, 3.8) is 0 Å². The topological polar surface area (TPSA) is 0 Å². The van der Waals surface area contributed by atoms with Crippen LogP contribution in [0.15, 0.2) is 36.0 Å². The maximum Gasteiger partial charge on any atom is -0.0305 e. The molecule has 0 saturated heterocycles. The van der Waals surface area contributed by atoms with Crippen molar-refractivity contribution in [2.75, 3.05) is 0 Å². The first-order chi connectivity index (χ1) is 5.29. The van der Waals surface area contributed by atoms with Gasteiger partial charge in [0.1, 0.15) is 0 Å². The van der Waals surface area contributed by atoms with Crippen LogP contribution in [0.3, 0.4) is 0 Å². The van der Waals surface area contributed by atoms with E-state index < -0.39 is 0 Å². The summed E-state index contributed by atoms with van der Waals surface area (Å²) >= 11 is 0. The van der Waals surface area contributed by atoms with Crippen molar-refractivity contribution in [1.29, 1.82) is 0 Å². The van der Waals surface area contributed by atoms with Crippen molar-refractivity contribution in [3.05, 3.63) is 36.0 Å². The van der Waals surface area contributed by atoms with Gasteiger partial charge >= 0.3 is 0 Å². The summed E-state index contributed by atoms with van der Waals surface area (Å²) in [5, 5.41) is 0. The Labute approximate surface area is 70.3 Å².